The molecule has 6 heteroatoms. The van der Waals surface area contributed by atoms with Gasteiger partial charge in [-0.3, -0.25) is 0 Å². The van der Waals surface area contributed by atoms with E-state index in [9.17, 15) is 9.90 Å². The van der Waals surface area contributed by atoms with Gasteiger partial charge >= 0.3 is 5.76 Å². The molecule has 19 heavy (non-hydrogen) atoms. The van der Waals surface area contributed by atoms with Gasteiger partial charge in [-0.05, 0) is 18.1 Å². The molecular weight excluding hydrogens is 246 g/mol. The van der Waals surface area contributed by atoms with Crippen LogP contribution < -0.4 is 11.5 Å². The van der Waals surface area contributed by atoms with Crippen LogP contribution in [0.5, 0.6) is 0 Å². The van der Waals surface area contributed by atoms with Crippen molar-refractivity contribution < 1.29 is 9.52 Å². The highest BCUT2D eigenvalue weighted by molar-refractivity contribution is 5.29. The number of aliphatic hydroxyl groups is 1. The summed E-state index contributed by atoms with van der Waals surface area (Å²) in [6.45, 7) is 3.75. The Kier molecular flexibility index (Phi) is 3.82. The lowest BCUT2D eigenvalue weighted by molar-refractivity contribution is 0.0959. The van der Waals surface area contributed by atoms with Crippen molar-refractivity contribution in [3.05, 3.63) is 46.8 Å². The number of nitrogens with zero attached hydrogens (tertiary/aromatic N) is 2. The number of rotatable bonds is 4. The van der Waals surface area contributed by atoms with E-state index in [0.29, 0.717) is 5.69 Å². The van der Waals surface area contributed by atoms with Gasteiger partial charge in [0, 0.05) is 6.04 Å². The molecule has 1 aromatic carbocycles. The molecule has 6 nitrogen and oxygen atoms in total. The van der Waals surface area contributed by atoms with E-state index in [1.54, 1.807) is 24.3 Å². The maximum absolute atomic E-state index is 11.7. The van der Waals surface area contributed by atoms with Gasteiger partial charge < -0.3 is 15.3 Å². The zero-order chi connectivity index (χ0) is 14.0. The van der Waals surface area contributed by atoms with E-state index in [-0.39, 0.29) is 11.8 Å². The maximum Gasteiger partial charge on any atom is 0.442 e. The Morgan fingerprint density at radius 2 is 1.95 bits per heavy atom. The average Bonchev–Trinajstić information content (AvgIpc) is 2.80. The van der Waals surface area contributed by atoms with Crippen LogP contribution in [0, 0.1) is 5.92 Å². The van der Waals surface area contributed by atoms with Crippen LogP contribution in [0.15, 0.2) is 39.5 Å². The van der Waals surface area contributed by atoms with Crippen molar-refractivity contribution in [3.8, 4) is 5.69 Å². The average molecular weight is 263 g/mol. The van der Waals surface area contributed by atoms with Crippen LogP contribution >= 0.6 is 0 Å². The first-order valence-corrected chi connectivity index (χ1v) is 6.10. The fraction of sp³-hybridized carbons (Fsp3) is 0.385. The van der Waals surface area contributed by atoms with Crippen molar-refractivity contribution in [1.82, 2.24) is 9.78 Å². The van der Waals surface area contributed by atoms with Crippen LogP contribution in [-0.4, -0.2) is 20.9 Å². The minimum atomic E-state index is -1.10. The van der Waals surface area contributed by atoms with E-state index in [1.165, 1.54) is 0 Å². The van der Waals surface area contributed by atoms with Crippen LogP contribution in [0.3, 0.4) is 0 Å². The summed E-state index contributed by atoms with van der Waals surface area (Å²) in [7, 11) is 0. The third-order valence-corrected chi connectivity index (χ3v) is 2.95. The van der Waals surface area contributed by atoms with Gasteiger partial charge in [-0.15, -0.1) is 5.10 Å². The second kappa shape index (κ2) is 5.38. The summed E-state index contributed by atoms with van der Waals surface area (Å²) in [4.78, 5) is 11.7. The van der Waals surface area contributed by atoms with Crippen LogP contribution in [0.25, 0.3) is 5.69 Å². The molecule has 3 N–H and O–H groups in total. The highest BCUT2D eigenvalue weighted by Crippen LogP contribution is 2.18. The zero-order valence-electron chi connectivity index (χ0n) is 10.9. The van der Waals surface area contributed by atoms with Gasteiger partial charge in [-0.25, -0.2) is 4.79 Å². The van der Waals surface area contributed by atoms with Gasteiger partial charge in [-0.1, -0.05) is 32.0 Å². The van der Waals surface area contributed by atoms with E-state index in [0.717, 1.165) is 4.68 Å². The SMILES string of the molecule is CC(C)[C@H](N)[C@@H](O)c1nn(-c2ccccc2)c(=O)o1. The molecule has 0 fully saturated rings. The lowest BCUT2D eigenvalue weighted by Crippen LogP contribution is -2.33. The molecule has 0 aliphatic carbocycles. The number of nitrogens with two attached hydrogens (primary N) is 1. The van der Waals surface area contributed by atoms with Gasteiger partial charge in [0.1, 0.15) is 6.10 Å². The highest BCUT2D eigenvalue weighted by Gasteiger charge is 2.26. The van der Waals surface area contributed by atoms with Crippen molar-refractivity contribution in [3.63, 3.8) is 0 Å². The molecule has 0 bridgehead atoms. The zero-order valence-corrected chi connectivity index (χ0v) is 10.9. The molecule has 0 aliphatic heterocycles. The Balaban J connectivity index is 2.35. The van der Waals surface area contributed by atoms with E-state index < -0.39 is 17.9 Å². The molecule has 0 aliphatic rings. The van der Waals surface area contributed by atoms with Crippen LogP contribution in [0.4, 0.5) is 0 Å². The first-order chi connectivity index (χ1) is 9.00. The predicted octanol–water partition coefficient (Wildman–Crippen LogP) is 0.842. The second-order valence-corrected chi connectivity index (χ2v) is 4.72. The van der Waals surface area contributed by atoms with Gasteiger partial charge in [0.2, 0.25) is 5.89 Å². The van der Waals surface area contributed by atoms with E-state index >= 15 is 0 Å². The van der Waals surface area contributed by atoms with Gasteiger partial charge in [0.05, 0.1) is 5.69 Å². The smallest absolute Gasteiger partial charge is 0.389 e. The van der Waals surface area contributed by atoms with Crippen LogP contribution in [-0.2, 0) is 0 Å². The number of benzene rings is 1. The predicted molar refractivity (Wildman–Crippen MR) is 69.9 cm³/mol. The van der Waals surface area contributed by atoms with Crippen LogP contribution in [0.1, 0.15) is 25.8 Å². The Bertz CT molecular complexity index is 589. The number of aliphatic hydroxyl groups excluding tert-OH is 1. The first kappa shape index (κ1) is 13.5. The van der Waals surface area contributed by atoms with E-state index in [1.807, 2.05) is 19.9 Å². The Hall–Kier alpha value is -1.92. The number of hydrogen-bond acceptors (Lipinski definition) is 5. The largest absolute Gasteiger partial charge is 0.442 e. The minimum Gasteiger partial charge on any atom is -0.389 e. The summed E-state index contributed by atoms with van der Waals surface area (Å²) in [5.74, 6) is -0.659. The topological polar surface area (TPSA) is 94.3 Å². The third-order valence-electron chi connectivity index (χ3n) is 2.95. The summed E-state index contributed by atoms with van der Waals surface area (Å²) in [6, 6.07) is 8.31. The van der Waals surface area contributed by atoms with Crippen molar-refractivity contribution in [2.45, 2.75) is 26.0 Å². The summed E-state index contributed by atoms with van der Waals surface area (Å²) < 4.78 is 6.07. The van der Waals surface area contributed by atoms with Crippen molar-refractivity contribution in [1.29, 1.82) is 0 Å². The van der Waals surface area contributed by atoms with E-state index in [2.05, 4.69) is 5.10 Å². The quantitative estimate of drug-likeness (QED) is 0.852. The van der Waals surface area contributed by atoms with Gasteiger partial charge in [0.15, 0.2) is 0 Å². The third kappa shape index (κ3) is 2.74. The Morgan fingerprint density at radius 3 is 2.53 bits per heavy atom. The summed E-state index contributed by atoms with van der Waals surface area (Å²) in [6.07, 6.45) is -1.10. The highest BCUT2D eigenvalue weighted by atomic mass is 16.4. The molecular formula is C13H17N3O3. The monoisotopic (exact) mass is 263 g/mol. The number of hydrogen-bond donors (Lipinski definition) is 2. The maximum atomic E-state index is 11.7. The molecule has 1 aromatic heterocycles. The molecule has 0 unspecified atom stereocenters. The standard InChI is InChI=1S/C13H17N3O3/c1-8(2)10(14)11(17)12-15-16(13(18)19-12)9-6-4-3-5-7-9/h3-8,10-11,17H,14H2,1-2H3/t10-,11+/m0/s1. The first-order valence-electron chi connectivity index (χ1n) is 6.10. The van der Waals surface area contributed by atoms with Crippen LogP contribution in [0.2, 0.25) is 0 Å². The number of para-hydroxylation sites is 1. The van der Waals surface area contributed by atoms with E-state index in [4.69, 9.17) is 10.2 Å². The summed E-state index contributed by atoms with van der Waals surface area (Å²) in [5, 5.41) is 14.0. The summed E-state index contributed by atoms with van der Waals surface area (Å²) >= 11 is 0. The fourth-order valence-electron chi connectivity index (χ4n) is 1.67. The molecule has 1 heterocycles. The normalized spacial score (nSPS) is 14.6. The van der Waals surface area contributed by atoms with Gasteiger partial charge in [-0.2, -0.15) is 4.68 Å². The van der Waals surface area contributed by atoms with Gasteiger partial charge in [0.25, 0.3) is 0 Å². The molecule has 0 saturated heterocycles. The van der Waals surface area contributed by atoms with Crippen molar-refractivity contribution in [2.24, 2.45) is 11.7 Å². The second-order valence-electron chi connectivity index (χ2n) is 4.72. The number of aromatic nitrogens is 2. The lowest BCUT2D eigenvalue weighted by Gasteiger charge is -2.18. The Labute approximate surface area is 110 Å². The molecule has 2 aromatic rings. The Morgan fingerprint density at radius 1 is 1.32 bits per heavy atom. The molecule has 0 radical (unpaired) electrons. The molecule has 0 amide bonds. The molecule has 2 atom stereocenters. The molecule has 0 spiro atoms. The summed E-state index contributed by atoms with van der Waals surface area (Å²) in [5.41, 5.74) is 6.41. The molecule has 2 rings (SSSR count). The molecule has 102 valence electrons. The minimum absolute atomic E-state index is 0.0437. The van der Waals surface area contributed by atoms with Crippen molar-refractivity contribution in [2.75, 3.05) is 0 Å². The van der Waals surface area contributed by atoms with Crippen molar-refractivity contribution >= 4 is 0 Å². The lowest BCUT2D eigenvalue weighted by atomic mass is 10.00. The fourth-order valence-corrected chi connectivity index (χ4v) is 1.67. The molecule has 0 saturated carbocycles.